The molecule has 140 valence electrons. The smallest absolute Gasteiger partial charge is 0.337 e. The molecule has 1 aromatic carbocycles. The molecule has 0 saturated carbocycles. The summed E-state index contributed by atoms with van der Waals surface area (Å²) in [7, 11) is 3.90. The maximum Gasteiger partial charge on any atom is 0.337 e. The molecule has 0 atom stereocenters. The summed E-state index contributed by atoms with van der Waals surface area (Å²) >= 11 is 0. The molecule has 0 aliphatic carbocycles. The molecule has 1 aromatic rings. The van der Waals surface area contributed by atoms with Crippen LogP contribution in [0.1, 0.15) is 10.4 Å². The van der Waals surface area contributed by atoms with Gasteiger partial charge in [-0.25, -0.2) is 9.59 Å². The molecular formula is C17H20N2O7. The lowest BCUT2D eigenvalue weighted by Gasteiger charge is -2.16. The summed E-state index contributed by atoms with van der Waals surface area (Å²) in [6, 6.07) is 4.51. The highest BCUT2D eigenvalue weighted by Crippen LogP contribution is 2.30. The van der Waals surface area contributed by atoms with E-state index in [0.29, 0.717) is 11.4 Å². The summed E-state index contributed by atoms with van der Waals surface area (Å²) in [5, 5.41) is 11.9. The van der Waals surface area contributed by atoms with Crippen LogP contribution >= 0.6 is 0 Å². The number of hydrogen-bond donors (Lipinski definition) is 2. The molecule has 2 rings (SSSR count). The van der Waals surface area contributed by atoms with Crippen LogP contribution in [0.4, 0.5) is 5.69 Å². The van der Waals surface area contributed by atoms with E-state index < -0.39 is 17.8 Å². The number of esters is 2. The highest BCUT2D eigenvalue weighted by atomic mass is 16.5. The molecule has 0 fully saturated rings. The largest absolute Gasteiger partial charge is 0.495 e. The minimum Gasteiger partial charge on any atom is -0.495 e. The van der Waals surface area contributed by atoms with E-state index in [0.717, 1.165) is 0 Å². The minimum absolute atomic E-state index is 0.00520. The third-order valence-corrected chi connectivity index (χ3v) is 3.83. The predicted molar refractivity (Wildman–Crippen MR) is 90.7 cm³/mol. The number of carbonyl (C=O) groups is 3. The van der Waals surface area contributed by atoms with Crippen molar-refractivity contribution in [3.05, 3.63) is 35.0 Å². The number of carbonyl (C=O) groups excluding carboxylic acids is 3. The normalized spacial score (nSPS) is 13.7. The van der Waals surface area contributed by atoms with Gasteiger partial charge in [-0.05, 0) is 18.2 Å². The lowest BCUT2D eigenvalue weighted by atomic mass is 10.1. The number of ether oxygens (including phenoxy) is 3. The third-order valence-electron chi connectivity index (χ3n) is 3.83. The Morgan fingerprint density at radius 3 is 2.46 bits per heavy atom. The Labute approximate surface area is 150 Å². The minimum atomic E-state index is -0.663. The number of anilines is 1. The molecule has 0 unspecified atom stereocenters. The van der Waals surface area contributed by atoms with E-state index >= 15 is 0 Å². The maximum absolute atomic E-state index is 12.6. The number of nitrogens with one attached hydrogen (secondary N) is 1. The zero-order chi connectivity index (χ0) is 19.3. The van der Waals surface area contributed by atoms with Crippen molar-refractivity contribution in [1.29, 1.82) is 0 Å². The second-order valence-electron chi connectivity index (χ2n) is 5.33. The van der Waals surface area contributed by atoms with Crippen molar-refractivity contribution in [3.63, 3.8) is 0 Å². The highest BCUT2D eigenvalue weighted by Gasteiger charge is 2.34. The molecule has 0 radical (unpaired) electrons. The number of hydrogen-bond acceptors (Lipinski definition) is 8. The second-order valence-corrected chi connectivity index (χ2v) is 5.33. The van der Waals surface area contributed by atoms with Gasteiger partial charge in [0.1, 0.15) is 11.4 Å². The molecule has 1 aliphatic heterocycles. The van der Waals surface area contributed by atoms with Gasteiger partial charge in [-0.2, -0.15) is 0 Å². The predicted octanol–water partition coefficient (Wildman–Crippen LogP) is 0.155. The van der Waals surface area contributed by atoms with Gasteiger partial charge in [-0.15, -0.1) is 0 Å². The topological polar surface area (TPSA) is 114 Å². The molecule has 26 heavy (non-hydrogen) atoms. The van der Waals surface area contributed by atoms with Crippen LogP contribution in [0, 0.1) is 0 Å². The summed E-state index contributed by atoms with van der Waals surface area (Å²) in [5.74, 6) is -1.32. The fourth-order valence-electron chi connectivity index (χ4n) is 2.53. The standard InChI is InChI=1S/C17H20N2O7/c1-24-13-5-4-10(16(22)25-2)8-12(13)18-14-11(17(23)26-3)9-19(6-7-20)15(14)21/h4-5,8,18,20H,6-7,9H2,1-3H3. The SMILES string of the molecule is COC(=O)C1=C(Nc2cc(C(=O)OC)ccc2OC)C(=O)N(CCO)C1. The van der Waals surface area contributed by atoms with E-state index in [-0.39, 0.29) is 36.5 Å². The Bertz CT molecular complexity index is 757. The number of β-amino-alcohol motifs (C(OH)–C–C–N with tert-alkyl or cyclic N) is 1. The maximum atomic E-state index is 12.6. The van der Waals surface area contributed by atoms with Crippen LogP contribution in [0.2, 0.25) is 0 Å². The van der Waals surface area contributed by atoms with Crippen LogP contribution in [0.25, 0.3) is 0 Å². The van der Waals surface area contributed by atoms with Gasteiger partial charge >= 0.3 is 11.9 Å². The number of nitrogens with zero attached hydrogens (tertiary/aromatic N) is 1. The first kappa shape index (κ1) is 19.3. The van der Waals surface area contributed by atoms with Gasteiger partial charge in [0.15, 0.2) is 0 Å². The van der Waals surface area contributed by atoms with Crippen LogP contribution in [0.15, 0.2) is 29.5 Å². The quantitative estimate of drug-likeness (QED) is 0.658. The molecule has 2 N–H and O–H groups in total. The van der Waals surface area contributed by atoms with Crippen LogP contribution in [0.5, 0.6) is 5.75 Å². The van der Waals surface area contributed by atoms with E-state index in [4.69, 9.17) is 14.6 Å². The Hall–Kier alpha value is -3.07. The van der Waals surface area contributed by atoms with Gasteiger partial charge in [0, 0.05) is 6.54 Å². The molecule has 0 aromatic heterocycles. The molecule has 0 spiro atoms. The van der Waals surface area contributed by atoms with Crippen LogP contribution < -0.4 is 10.1 Å². The van der Waals surface area contributed by atoms with E-state index in [9.17, 15) is 14.4 Å². The molecule has 0 bridgehead atoms. The molecular weight excluding hydrogens is 344 g/mol. The van der Waals surface area contributed by atoms with Crippen molar-refractivity contribution in [2.45, 2.75) is 0 Å². The Morgan fingerprint density at radius 1 is 1.19 bits per heavy atom. The summed E-state index contributed by atoms with van der Waals surface area (Å²) in [6.07, 6.45) is 0. The zero-order valence-corrected chi connectivity index (χ0v) is 14.7. The molecule has 1 heterocycles. The fourth-order valence-corrected chi connectivity index (χ4v) is 2.53. The number of benzene rings is 1. The average molecular weight is 364 g/mol. The zero-order valence-electron chi connectivity index (χ0n) is 14.7. The van der Waals surface area contributed by atoms with Crippen molar-refractivity contribution >= 4 is 23.5 Å². The van der Waals surface area contributed by atoms with Gasteiger partial charge in [0.25, 0.3) is 5.91 Å². The summed E-state index contributed by atoms with van der Waals surface area (Å²) < 4.78 is 14.7. The first-order valence-electron chi connectivity index (χ1n) is 7.71. The van der Waals surface area contributed by atoms with Crippen molar-refractivity contribution in [2.24, 2.45) is 0 Å². The molecule has 9 nitrogen and oxygen atoms in total. The fraction of sp³-hybridized carbons (Fsp3) is 0.353. The van der Waals surface area contributed by atoms with Crippen molar-refractivity contribution in [1.82, 2.24) is 4.90 Å². The van der Waals surface area contributed by atoms with Crippen LogP contribution in [-0.2, 0) is 19.1 Å². The number of aliphatic hydroxyl groups is 1. The van der Waals surface area contributed by atoms with Gasteiger partial charge in [0.05, 0.1) is 51.3 Å². The number of methoxy groups -OCH3 is 3. The second kappa shape index (κ2) is 8.34. The Morgan fingerprint density at radius 2 is 1.88 bits per heavy atom. The van der Waals surface area contributed by atoms with Gasteiger partial charge in [-0.1, -0.05) is 0 Å². The summed E-state index contributed by atoms with van der Waals surface area (Å²) in [6.45, 7) is -0.161. The first-order valence-corrected chi connectivity index (χ1v) is 7.71. The highest BCUT2D eigenvalue weighted by molar-refractivity contribution is 6.09. The molecule has 9 heteroatoms. The Kier molecular flexibility index (Phi) is 6.18. The van der Waals surface area contributed by atoms with E-state index in [1.54, 1.807) is 0 Å². The lowest BCUT2D eigenvalue weighted by molar-refractivity contribution is -0.136. The number of rotatable bonds is 7. The third kappa shape index (κ3) is 3.77. The van der Waals surface area contributed by atoms with Gasteiger partial charge < -0.3 is 29.5 Å². The summed E-state index contributed by atoms with van der Waals surface area (Å²) in [4.78, 5) is 37.6. The van der Waals surface area contributed by atoms with Crippen molar-refractivity contribution in [2.75, 3.05) is 46.3 Å². The average Bonchev–Trinajstić information content (AvgIpc) is 2.96. The molecule has 0 saturated heterocycles. The number of aliphatic hydroxyl groups excluding tert-OH is 1. The van der Waals surface area contributed by atoms with Crippen molar-refractivity contribution < 1.29 is 33.7 Å². The first-order chi connectivity index (χ1) is 12.5. The Balaban J connectivity index is 2.44. The van der Waals surface area contributed by atoms with E-state index in [2.05, 4.69) is 10.1 Å². The van der Waals surface area contributed by atoms with E-state index in [1.165, 1.54) is 44.4 Å². The van der Waals surface area contributed by atoms with Crippen LogP contribution in [0.3, 0.4) is 0 Å². The van der Waals surface area contributed by atoms with Gasteiger partial charge in [-0.3, -0.25) is 4.79 Å². The van der Waals surface area contributed by atoms with Crippen LogP contribution in [-0.4, -0.2) is 68.9 Å². The van der Waals surface area contributed by atoms with Crippen molar-refractivity contribution in [3.8, 4) is 5.75 Å². The van der Waals surface area contributed by atoms with Gasteiger partial charge in [0.2, 0.25) is 0 Å². The molecule has 1 amide bonds. The number of amides is 1. The van der Waals surface area contributed by atoms with E-state index in [1.807, 2.05) is 0 Å². The molecule has 1 aliphatic rings. The lowest BCUT2D eigenvalue weighted by Crippen LogP contribution is -2.31. The monoisotopic (exact) mass is 364 g/mol. The summed E-state index contributed by atoms with van der Waals surface area (Å²) in [5.41, 5.74) is 0.682.